The zero-order valence-electron chi connectivity index (χ0n) is 47.1. The van der Waals surface area contributed by atoms with Crippen LogP contribution in [-0.4, -0.2) is 111 Å². The van der Waals surface area contributed by atoms with E-state index in [4.69, 9.17) is 14.3 Å². The Balaban J connectivity index is 0. The second-order valence-electron chi connectivity index (χ2n) is 16.0. The average Bonchev–Trinajstić information content (AvgIpc) is 3.46. The normalized spacial score (nSPS) is 10.7. The van der Waals surface area contributed by atoms with E-state index in [0.29, 0.717) is 37.9 Å². The molecule has 2 amide bonds. The highest BCUT2D eigenvalue weighted by molar-refractivity contribution is 7.87. The van der Waals surface area contributed by atoms with Crippen molar-refractivity contribution in [3.63, 3.8) is 0 Å². The largest absolute Gasteiger partial charge is 0.523 e. The third-order valence-corrected chi connectivity index (χ3v) is 12.0. The Morgan fingerprint density at radius 1 is 0.590 bits per heavy atom. The van der Waals surface area contributed by atoms with Crippen molar-refractivity contribution >= 4 is 50.6 Å². The van der Waals surface area contributed by atoms with Crippen LogP contribution in [0.25, 0.3) is 0 Å². The third kappa shape index (κ3) is 29.2. The van der Waals surface area contributed by atoms with Gasteiger partial charge in [0, 0.05) is 57.1 Å². The van der Waals surface area contributed by atoms with E-state index >= 15 is 0 Å². The van der Waals surface area contributed by atoms with Gasteiger partial charge in [0.25, 0.3) is 5.91 Å². The summed E-state index contributed by atoms with van der Waals surface area (Å²) in [6.07, 6.45) is 3.49. The van der Waals surface area contributed by atoms with Crippen molar-refractivity contribution in [2.45, 2.75) is 78.4 Å². The Kier molecular flexibility index (Phi) is 35.6. The molecule has 460 valence electrons. The Bertz CT molecular complexity index is 2960. The summed E-state index contributed by atoms with van der Waals surface area (Å²) in [6.45, 7) is 10.9. The zero-order chi connectivity index (χ0) is 64.5. The molecular weight excluding hydrogens is 1170 g/mol. The molecule has 0 radical (unpaired) electrons. The Hall–Kier alpha value is -7.69. The number of hydroxylamine groups is 2. The molecule has 5 aromatic rings. The lowest BCUT2D eigenvalue weighted by Gasteiger charge is -2.15. The topological polar surface area (TPSA) is 206 Å². The maximum Gasteiger partial charge on any atom is 0.523 e. The van der Waals surface area contributed by atoms with Crippen molar-refractivity contribution in [1.29, 1.82) is 0 Å². The highest BCUT2D eigenvalue weighted by atomic mass is 32.2. The summed E-state index contributed by atoms with van der Waals surface area (Å²) in [7, 11) is -3.66. The number of amides is 2. The van der Waals surface area contributed by atoms with Crippen molar-refractivity contribution in [2.24, 2.45) is 0 Å². The smallest absolute Gasteiger partial charge is 0.497 e. The maximum atomic E-state index is 14.1. The molecule has 0 aromatic heterocycles. The second-order valence-corrected chi connectivity index (χ2v) is 19.4. The SMILES string of the molecule is CC.COS(=O)(=O)C(F)(F)F.COS(=O)(=O)C(F)(F)F.COc1ccc(C)cc1.COc1ccc(C)cc1.Cc1c(F)cc(CN(C)C(=O)/C=C\C=O)cc1F.Cc1c(F)ccc(Cc2ccc(C(=O)ON(C)C(=O)CCC=O)cc2)c1F. The van der Waals surface area contributed by atoms with Gasteiger partial charge in [-0.3, -0.25) is 22.7 Å². The molecule has 5 rings (SSSR count). The van der Waals surface area contributed by atoms with Crippen LogP contribution in [-0.2, 0) is 65.6 Å². The Morgan fingerprint density at radius 2 is 1.02 bits per heavy atom. The van der Waals surface area contributed by atoms with Gasteiger partial charge in [-0.25, -0.2) is 22.4 Å². The first kappa shape index (κ1) is 77.4. The number of aryl methyl sites for hydroxylation is 2. The summed E-state index contributed by atoms with van der Waals surface area (Å²) < 4.78 is 176. The van der Waals surface area contributed by atoms with Gasteiger partial charge in [-0.1, -0.05) is 67.4 Å². The van der Waals surface area contributed by atoms with Crippen LogP contribution in [0.4, 0.5) is 43.9 Å². The van der Waals surface area contributed by atoms with Gasteiger partial charge >= 0.3 is 37.2 Å². The summed E-state index contributed by atoms with van der Waals surface area (Å²) in [4.78, 5) is 61.6. The molecule has 28 heteroatoms. The predicted octanol–water partition coefficient (Wildman–Crippen LogP) is 11.4. The van der Waals surface area contributed by atoms with Gasteiger partial charge in [-0.15, -0.1) is 0 Å². The lowest BCUT2D eigenvalue weighted by molar-refractivity contribution is -0.161. The number of allylic oxidation sites excluding steroid dienone is 1. The summed E-state index contributed by atoms with van der Waals surface area (Å²) in [5, 5.41) is 0.788. The predicted molar refractivity (Wildman–Crippen MR) is 287 cm³/mol. The molecule has 0 atom stereocenters. The number of methoxy groups -OCH3 is 2. The van der Waals surface area contributed by atoms with Crippen LogP contribution in [0, 0.1) is 51.0 Å². The van der Waals surface area contributed by atoms with Gasteiger partial charge in [0.15, 0.2) is 0 Å². The Labute approximate surface area is 475 Å². The zero-order valence-corrected chi connectivity index (χ0v) is 48.7. The molecule has 16 nitrogen and oxygen atoms in total. The molecule has 0 saturated carbocycles. The molecular formula is C55H64F10N2O14S2. The summed E-state index contributed by atoms with van der Waals surface area (Å²) in [5.41, 5.74) is -6.52. The van der Waals surface area contributed by atoms with E-state index < -0.39 is 72.3 Å². The van der Waals surface area contributed by atoms with Crippen molar-refractivity contribution in [3.05, 3.63) is 177 Å². The molecule has 0 spiro atoms. The van der Waals surface area contributed by atoms with E-state index in [0.717, 1.165) is 34.3 Å². The molecule has 83 heavy (non-hydrogen) atoms. The number of aldehydes is 2. The number of alkyl halides is 6. The monoisotopic (exact) mass is 1230 g/mol. The van der Waals surface area contributed by atoms with E-state index in [1.54, 1.807) is 26.4 Å². The van der Waals surface area contributed by atoms with E-state index in [1.165, 1.54) is 80.4 Å². The fourth-order valence-electron chi connectivity index (χ4n) is 5.33. The van der Waals surface area contributed by atoms with Crippen LogP contribution in [0.5, 0.6) is 11.5 Å². The summed E-state index contributed by atoms with van der Waals surface area (Å²) in [5.74, 6) is -2.27. The molecule has 0 aliphatic carbocycles. The minimum absolute atomic E-state index is 0.0324. The number of halogens is 10. The third-order valence-electron chi connectivity index (χ3n) is 10.0. The molecule has 0 bridgehead atoms. The number of nitrogens with zero attached hydrogens (tertiary/aromatic N) is 2. The average molecular weight is 1230 g/mol. The number of benzene rings is 5. The van der Waals surface area contributed by atoms with Gasteiger partial charge in [0.05, 0.1) is 34.0 Å². The number of rotatable bonds is 14. The van der Waals surface area contributed by atoms with Crippen LogP contribution in [0.3, 0.4) is 0 Å². The molecule has 0 unspecified atom stereocenters. The number of hydrogen-bond acceptors (Lipinski definition) is 14. The van der Waals surface area contributed by atoms with Gasteiger partial charge in [-0.2, -0.15) is 48.2 Å². The van der Waals surface area contributed by atoms with Crippen molar-refractivity contribution in [1.82, 2.24) is 9.96 Å². The number of likely N-dealkylation sites (N-methyl/N-ethyl adjacent to an activating group) is 1. The maximum absolute atomic E-state index is 14.1. The lowest BCUT2D eigenvalue weighted by atomic mass is 10.0. The first-order valence-electron chi connectivity index (χ1n) is 23.8. The fraction of sp³-hybridized carbons (Fsp3) is 0.327. The number of hydrogen-bond donors (Lipinski definition) is 0. The van der Waals surface area contributed by atoms with Crippen molar-refractivity contribution in [2.75, 3.05) is 42.5 Å². The number of carbonyl (C=O) groups is 5. The van der Waals surface area contributed by atoms with E-state index in [9.17, 15) is 84.7 Å². The van der Waals surface area contributed by atoms with Crippen LogP contribution < -0.4 is 9.47 Å². The van der Waals surface area contributed by atoms with Gasteiger partial charge < -0.3 is 24.0 Å². The first-order valence-corrected chi connectivity index (χ1v) is 26.6. The molecule has 0 aliphatic rings. The molecule has 0 N–H and O–H groups in total. The van der Waals surface area contributed by atoms with Gasteiger partial charge in [-0.05, 0) is 105 Å². The van der Waals surface area contributed by atoms with E-state index in [-0.39, 0.29) is 42.5 Å². The molecule has 0 fully saturated rings. The van der Waals surface area contributed by atoms with Crippen LogP contribution in [0.2, 0.25) is 0 Å². The Morgan fingerprint density at radius 3 is 1.39 bits per heavy atom. The minimum atomic E-state index is -5.34. The van der Waals surface area contributed by atoms with Crippen LogP contribution in [0.1, 0.15) is 76.0 Å². The summed E-state index contributed by atoms with van der Waals surface area (Å²) in [6, 6.07) is 27.1. The molecule has 0 heterocycles. The first-order chi connectivity index (χ1) is 38.6. The molecule has 0 aliphatic heterocycles. The highest BCUT2D eigenvalue weighted by Gasteiger charge is 2.47. The quantitative estimate of drug-likeness (QED) is 0.0253. The highest BCUT2D eigenvalue weighted by Crippen LogP contribution is 2.25. The molecule has 5 aromatic carbocycles. The van der Waals surface area contributed by atoms with Crippen molar-refractivity contribution < 1.29 is 107 Å². The lowest BCUT2D eigenvalue weighted by Crippen LogP contribution is -2.29. The standard InChI is InChI=1S/C20H19F2NO4.C13H13F2NO2.2C8H10O.2C2H3F3O3S.C2H6/c1-13-17(21)10-9-16(19(13)22)12-14-5-7-15(8-6-14)20(26)27-23(2)18(25)4-3-11-24;1-9-11(14)6-10(7-12(9)15)8-16(2)13(18)4-3-5-17;2*1-7-3-5-8(9-2)6-4-7;2*1-8-9(6,7)2(3,4)5;1-2/h5-11H,3-4,12H2,1-2H3;3-7H,8H2,1-2H3;2*3-6H,1-2H3;2*1H3;1-2H3/b;4-3-;;;;;. The summed E-state index contributed by atoms with van der Waals surface area (Å²) >= 11 is 0. The number of carbonyl (C=O) groups excluding carboxylic acids is 5. The number of ether oxygens (including phenoxy) is 2. The van der Waals surface area contributed by atoms with Crippen LogP contribution >= 0.6 is 0 Å². The van der Waals surface area contributed by atoms with Crippen LogP contribution in [0.15, 0.2) is 109 Å². The van der Waals surface area contributed by atoms with E-state index in [2.05, 4.69) is 22.2 Å². The second kappa shape index (κ2) is 38.2. The minimum Gasteiger partial charge on any atom is -0.497 e. The molecule has 0 saturated heterocycles. The van der Waals surface area contributed by atoms with Crippen molar-refractivity contribution in [3.8, 4) is 11.5 Å². The van der Waals surface area contributed by atoms with Gasteiger partial charge in [0.1, 0.15) is 47.3 Å². The van der Waals surface area contributed by atoms with E-state index in [1.807, 2.05) is 62.4 Å². The fourth-order valence-corrected chi connectivity index (χ4v) is 5.71. The van der Waals surface area contributed by atoms with Gasteiger partial charge in [0.2, 0.25) is 5.91 Å².